The number of fused-ring (bicyclic) bond motifs is 2. The van der Waals surface area contributed by atoms with Gasteiger partial charge in [0.15, 0.2) is 0 Å². The molecule has 6 rings (SSSR count). The van der Waals surface area contributed by atoms with Crippen molar-refractivity contribution in [3.8, 4) is 10.4 Å². The van der Waals surface area contributed by atoms with E-state index in [1.807, 2.05) is 11.8 Å². The summed E-state index contributed by atoms with van der Waals surface area (Å²) in [5, 5.41) is 1.30. The van der Waals surface area contributed by atoms with Crippen molar-refractivity contribution in [2.75, 3.05) is 0 Å². The first kappa shape index (κ1) is 21.9. The Hall–Kier alpha value is -3.59. The molecule has 4 aromatic rings. The molecule has 178 valence electrons. The SMILES string of the molecule is Cc1nc(C(=O)N2[C@H](Cn3c(C(N)=O)cc4cccc(F)c43)C[C@@H]3C[C@@H]32)c(-c2cccc(F)c2)s1. The van der Waals surface area contributed by atoms with Crippen LogP contribution < -0.4 is 5.73 Å². The number of nitrogens with zero attached hydrogens (tertiary/aromatic N) is 3. The van der Waals surface area contributed by atoms with Crippen molar-refractivity contribution in [1.29, 1.82) is 0 Å². The Balaban J connectivity index is 1.39. The number of hydrogen-bond acceptors (Lipinski definition) is 4. The van der Waals surface area contributed by atoms with Gasteiger partial charge in [0.05, 0.1) is 21.4 Å². The molecule has 1 saturated heterocycles. The number of carbonyl (C=O) groups excluding carboxylic acids is 2. The number of likely N-dealkylation sites (tertiary alicyclic amines) is 1. The van der Waals surface area contributed by atoms with Crippen molar-refractivity contribution < 1.29 is 18.4 Å². The van der Waals surface area contributed by atoms with Crippen LogP contribution in [0.3, 0.4) is 0 Å². The van der Waals surface area contributed by atoms with Crippen LogP contribution in [0.5, 0.6) is 0 Å². The fourth-order valence-electron chi connectivity index (χ4n) is 5.44. The number of nitrogens with two attached hydrogens (primary N) is 1. The van der Waals surface area contributed by atoms with Crippen LogP contribution in [-0.4, -0.2) is 38.3 Å². The molecule has 2 aromatic carbocycles. The summed E-state index contributed by atoms with van der Waals surface area (Å²) in [6, 6.07) is 12.2. The summed E-state index contributed by atoms with van der Waals surface area (Å²) in [6.45, 7) is 2.07. The molecule has 2 N–H and O–H groups in total. The van der Waals surface area contributed by atoms with Gasteiger partial charge in [-0.15, -0.1) is 11.3 Å². The molecule has 2 aliphatic rings. The van der Waals surface area contributed by atoms with Crippen LogP contribution in [0.25, 0.3) is 21.3 Å². The Morgan fingerprint density at radius 2 is 1.94 bits per heavy atom. The van der Waals surface area contributed by atoms with Crippen LogP contribution in [0.1, 0.15) is 38.8 Å². The van der Waals surface area contributed by atoms with Crippen LogP contribution in [0, 0.1) is 24.5 Å². The number of rotatable bonds is 5. The quantitative estimate of drug-likeness (QED) is 0.436. The molecule has 1 saturated carbocycles. The van der Waals surface area contributed by atoms with Gasteiger partial charge in [0, 0.05) is 18.0 Å². The van der Waals surface area contributed by atoms with E-state index in [1.165, 1.54) is 29.5 Å². The largest absolute Gasteiger partial charge is 0.364 e. The molecule has 2 fully saturated rings. The molecular weight excluding hydrogens is 470 g/mol. The van der Waals surface area contributed by atoms with Crippen LogP contribution in [-0.2, 0) is 6.54 Å². The summed E-state index contributed by atoms with van der Waals surface area (Å²) >= 11 is 1.35. The summed E-state index contributed by atoms with van der Waals surface area (Å²) in [5.41, 5.74) is 7.05. The molecule has 35 heavy (non-hydrogen) atoms. The summed E-state index contributed by atoms with van der Waals surface area (Å²) in [4.78, 5) is 33.0. The molecule has 0 radical (unpaired) electrons. The minimum atomic E-state index is -0.648. The summed E-state index contributed by atoms with van der Waals surface area (Å²) in [7, 11) is 0. The Morgan fingerprint density at radius 1 is 1.14 bits per heavy atom. The van der Waals surface area contributed by atoms with E-state index in [0.29, 0.717) is 38.0 Å². The molecule has 3 atom stereocenters. The lowest BCUT2D eigenvalue weighted by atomic mass is 10.1. The minimum absolute atomic E-state index is 0.0820. The number of aryl methyl sites for hydroxylation is 1. The second-order valence-electron chi connectivity index (χ2n) is 9.27. The van der Waals surface area contributed by atoms with Crippen LogP contribution >= 0.6 is 11.3 Å². The number of benzene rings is 2. The number of primary amides is 1. The zero-order valence-corrected chi connectivity index (χ0v) is 19.7. The normalized spacial score (nSPS) is 20.9. The van der Waals surface area contributed by atoms with Gasteiger partial charge in [-0.05, 0) is 55.5 Å². The van der Waals surface area contributed by atoms with Crippen molar-refractivity contribution >= 4 is 34.1 Å². The van der Waals surface area contributed by atoms with Gasteiger partial charge in [-0.2, -0.15) is 0 Å². The molecule has 0 spiro atoms. The molecule has 2 amide bonds. The maximum absolute atomic E-state index is 14.8. The van der Waals surface area contributed by atoms with Crippen molar-refractivity contribution in [2.24, 2.45) is 11.7 Å². The fourth-order valence-corrected chi connectivity index (χ4v) is 6.35. The number of para-hydroxylation sites is 1. The summed E-state index contributed by atoms with van der Waals surface area (Å²) in [6.07, 6.45) is 1.66. The minimum Gasteiger partial charge on any atom is -0.364 e. The maximum Gasteiger partial charge on any atom is 0.274 e. The zero-order chi connectivity index (χ0) is 24.4. The van der Waals surface area contributed by atoms with Gasteiger partial charge in [-0.3, -0.25) is 9.59 Å². The Kier molecular flexibility index (Phi) is 5.00. The van der Waals surface area contributed by atoms with Gasteiger partial charge in [0.2, 0.25) is 0 Å². The monoisotopic (exact) mass is 492 g/mol. The van der Waals surface area contributed by atoms with Gasteiger partial charge < -0.3 is 15.2 Å². The number of hydrogen-bond donors (Lipinski definition) is 1. The number of aromatic nitrogens is 2. The predicted molar refractivity (Wildman–Crippen MR) is 129 cm³/mol. The average molecular weight is 493 g/mol. The summed E-state index contributed by atoms with van der Waals surface area (Å²) < 4.78 is 30.3. The Morgan fingerprint density at radius 3 is 2.71 bits per heavy atom. The predicted octanol–water partition coefficient (Wildman–Crippen LogP) is 4.75. The third kappa shape index (κ3) is 3.61. The zero-order valence-electron chi connectivity index (χ0n) is 18.9. The van der Waals surface area contributed by atoms with E-state index < -0.39 is 11.7 Å². The first-order valence-electron chi connectivity index (χ1n) is 11.5. The molecule has 6 nitrogen and oxygen atoms in total. The smallest absolute Gasteiger partial charge is 0.274 e. The van der Waals surface area contributed by atoms with Crippen molar-refractivity contribution in [1.82, 2.24) is 14.5 Å². The molecule has 1 aliphatic heterocycles. The number of amides is 2. The highest BCUT2D eigenvalue weighted by Gasteiger charge is 2.54. The Bertz CT molecular complexity index is 1510. The van der Waals surface area contributed by atoms with Gasteiger partial charge in [0.1, 0.15) is 23.0 Å². The third-order valence-corrected chi connectivity index (χ3v) is 8.01. The summed E-state index contributed by atoms with van der Waals surface area (Å²) in [5.74, 6) is -1.33. The van der Waals surface area contributed by atoms with Gasteiger partial charge in [-0.25, -0.2) is 13.8 Å². The highest BCUT2D eigenvalue weighted by Crippen LogP contribution is 2.49. The number of halogens is 2. The highest BCUT2D eigenvalue weighted by molar-refractivity contribution is 7.15. The van der Waals surface area contributed by atoms with E-state index >= 15 is 0 Å². The van der Waals surface area contributed by atoms with Crippen molar-refractivity contribution in [3.05, 3.63) is 76.6 Å². The van der Waals surface area contributed by atoms with Crippen molar-refractivity contribution in [3.63, 3.8) is 0 Å². The fraction of sp³-hybridized carbons (Fsp3) is 0.269. The number of carbonyl (C=O) groups is 2. The second-order valence-corrected chi connectivity index (χ2v) is 10.5. The molecule has 2 aromatic heterocycles. The highest BCUT2D eigenvalue weighted by atomic mass is 32.1. The number of piperidine rings is 1. The van der Waals surface area contributed by atoms with E-state index in [2.05, 4.69) is 4.98 Å². The third-order valence-electron chi connectivity index (χ3n) is 6.99. The molecule has 3 heterocycles. The van der Waals surface area contributed by atoms with Crippen LogP contribution in [0.4, 0.5) is 8.78 Å². The van der Waals surface area contributed by atoms with E-state index in [0.717, 1.165) is 12.8 Å². The van der Waals surface area contributed by atoms with Crippen molar-refractivity contribution in [2.45, 2.75) is 38.4 Å². The van der Waals surface area contributed by atoms with Gasteiger partial charge >= 0.3 is 0 Å². The van der Waals surface area contributed by atoms with E-state index in [1.54, 1.807) is 34.9 Å². The topological polar surface area (TPSA) is 81.2 Å². The molecular formula is C26H22F2N4O2S. The first-order valence-corrected chi connectivity index (χ1v) is 12.3. The molecule has 0 unspecified atom stereocenters. The molecule has 0 bridgehead atoms. The number of thiazole rings is 1. The maximum atomic E-state index is 14.8. The van der Waals surface area contributed by atoms with Gasteiger partial charge in [-0.1, -0.05) is 24.3 Å². The molecule has 9 heteroatoms. The van der Waals surface area contributed by atoms with Crippen LogP contribution in [0.2, 0.25) is 0 Å². The van der Waals surface area contributed by atoms with E-state index in [4.69, 9.17) is 5.73 Å². The lowest BCUT2D eigenvalue weighted by molar-refractivity contribution is 0.0681. The second kappa shape index (κ2) is 7.98. The Labute approximate surface area is 204 Å². The van der Waals surface area contributed by atoms with E-state index in [-0.39, 0.29) is 36.0 Å². The van der Waals surface area contributed by atoms with E-state index in [9.17, 15) is 18.4 Å². The average Bonchev–Trinajstić information content (AvgIpc) is 3.15. The lowest BCUT2D eigenvalue weighted by Crippen LogP contribution is -2.41. The molecule has 1 aliphatic carbocycles. The van der Waals surface area contributed by atoms with Crippen LogP contribution in [0.15, 0.2) is 48.5 Å². The lowest BCUT2D eigenvalue weighted by Gasteiger charge is -2.28. The first-order chi connectivity index (χ1) is 16.8. The van der Waals surface area contributed by atoms with Gasteiger partial charge in [0.25, 0.3) is 11.8 Å². The standard InChI is InChI=1S/C26H22F2N4O2S/c1-13-30-22(24(35-13)15-5-2-6-17(27)8-15)26(34)32-18(9-16-11-20(16)32)12-31-21(25(29)33)10-14-4-3-7-19(28)23(14)31/h2-8,10,16,18,20H,9,11-12H2,1H3,(H2,29,33)/t16-,18+,20+/m1/s1.